The highest BCUT2D eigenvalue weighted by atomic mass is 35.5. The summed E-state index contributed by atoms with van der Waals surface area (Å²) in [6, 6.07) is 4.00. The van der Waals surface area contributed by atoms with Gasteiger partial charge in [0.15, 0.2) is 11.5 Å². The molecular formula is C14H22ClNO4. The van der Waals surface area contributed by atoms with E-state index in [2.05, 4.69) is 19.2 Å². The summed E-state index contributed by atoms with van der Waals surface area (Å²) >= 11 is 6.18. The summed E-state index contributed by atoms with van der Waals surface area (Å²) in [5.41, 5.74) is 0.982. The molecule has 6 heteroatoms. The van der Waals surface area contributed by atoms with E-state index in [4.69, 9.17) is 26.2 Å². The predicted octanol–water partition coefficient (Wildman–Crippen LogP) is 1.58. The minimum Gasteiger partial charge on any atom is -0.493 e. The lowest BCUT2D eigenvalue weighted by Gasteiger charge is -2.16. The van der Waals surface area contributed by atoms with E-state index in [1.807, 2.05) is 6.07 Å². The normalized spacial score (nSPS) is 12.6. The largest absolute Gasteiger partial charge is 0.493 e. The molecule has 0 spiro atoms. The molecule has 1 atom stereocenters. The molecule has 1 rings (SSSR count). The highest BCUT2D eigenvalue weighted by Crippen LogP contribution is 2.36. The Morgan fingerprint density at radius 3 is 2.60 bits per heavy atom. The van der Waals surface area contributed by atoms with Gasteiger partial charge in [-0.25, -0.2) is 0 Å². The predicted molar refractivity (Wildman–Crippen MR) is 78.6 cm³/mol. The molecule has 3 N–H and O–H groups in total. The molecule has 0 heterocycles. The van der Waals surface area contributed by atoms with Crippen LogP contribution in [0.1, 0.15) is 19.4 Å². The Morgan fingerprint density at radius 2 is 2.05 bits per heavy atom. The maximum absolute atomic E-state index is 9.30. The number of hydrogen-bond acceptors (Lipinski definition) is 5. The van der Waals surface area contributed by atoms with Crippen molar-refractivity contribution < 1.29 is 19.7 Å². The van der Waals surface area contributed by atoms with E-state index in [-0.39, 0.29) is 13.2 Å². The fourth-order valence-electron chi connectivity index (χ4n) is 1.57. The Kier molecular flexibility index (Phi) is 7.09. The third kappa shape index (κ3) is 5.17. The van der Waals surface area contributed by atoms with Crippen LogP contribution >= 0.6 is 11.6 Å². The zero-order valence-corrected chi connectivity index (χ0v) is 12.8. The molecule has 0 saturated carbocycles. The van der Waals surface area contributed by atoms with E-state index < -0.39 is 6.10 Å². The molecule has 5 nitrogen and oxygen atoms in total. The van der Waals surface area contributed by atoms with E-state index in [0.29, 0.717) is 29.1 Å². The summed E-state index contributed by atoms with van der Waals surface area (Å²) in [5.74, 6) is 0.873. The number of aliphatic hydroxyl groups excluding tert-OH is 2. The zero-order valence-electron chi connectivity index (χ0n) is 12.0. The number of methoxy groups -OCH3 is 1. The number of hydrogen-bond donors (Lipinski definition) is 3. The quantitative estimate of drug-likeness (QED) is 0.680. The summed E-state index contributed by atoms with van der Waals surface area (Å²) in [4.78, 5) is 0. The van der Waals surface area contributed by atoms with E-state index in [0.717, 1.165) is 5.56 Å². The molecular weight excluding hydrogens is 282 g/mol. The van der Waals surface area contributed by atoms with Crippen molar-refractivity contribution in [2.75, 3.05) is 20.3 Å². The molecule has 1 aromatic rings. The fraction of sp³-hybridized carbons (Fsp3) is 0.571. The first-order valence-electron chi connectivity index (χ1n) is 6.49. The van der Waals surface area contributed by atoms with Gasteiger partial charge in [-0.2, -0.15) is 0 Å². The molecule has 114 valence electrons. The highest BCUT2D eigenvalue weighted by Gasteiger charge is 2.14. The SMILES string of the molecule is COc1cc(CNC(C)C)cc(Cl)c1OCC(O)CO. The van der Waals surface area contributed by atoms with E-state index in [1.165, 1.54) is 7.11 Å². The Labute approximate surface area is 124 Å². The Hall–Kier alpha value is -1.01. The topological polar surface area (TPSA) is 71.0 Å². The van der Waals surface area contributed by atoms with Gasteiger partial charge in [0.1, 0.15) is 12.7 Å². The third-order valence-corrected chi connectivity index (χ3v) is 2.92. The molecule has 0 radical (unpaired) electrons. The van der Waals surface area contributed by atoms with Crippen molar-refractivity contribution >= 4 is 11.6 Å². The van der Waals surface area contributed by atoms with Crippen LogP contribution in [-0.2, 0) is 6.54 Å². The van der Waals surface area contributed by atoms with Crippen LogP contribution in [0.3, 0.4) is 0 Å². The van der Waals surface area contributed by atoms with E-state index in [1.54, 1.807) is 6.07 Å². The molecule has 1 aromatic carbocycles. The van der Waals surface area contributed by atoms with Gasteiger partial charge in [-0.05, 0) is 17.7 Å². The van der Waals surface area contributed by atoms with Gasteiger partial charge >= 0.3 is 0 Å². The molecule has 20 heavy (non-hydrogen) atoms. The number of rotatable bonds is 8. The van der Waals surface area contributed by atoms with Gasteiger partial charge in [-0.3, -0.25) is 0 Å². The zero-order chi connectivity index (χ0) is 15.1. The van der Waals surface area contributed by atoms with Crippen LogP contribution in [0.25, 0.3) is 0 Å². The molecule has 0 amide bonds. The summed E-state index contributed by atoms with van der Waals surface area (Å²) in [5, 5.41) is 21.8. The Bertz CT molecular complexity index is 426. The lowest BCUT2D eigenvalue weighted by molar-refractivity contribution is 0.0527. The molecule has 0 fully saturated rings. The Balaban J connectivity index is 2.84. The average molecular weight is 304 g/mol. The summed E-state index contributed by atoms with van der Waals surface area (Å²) in [6.07, 6.45) is -0.946. The molecule has 0 aliphatic rings. The number of ether oxygens (including phenoxy) is 2. The molecule has 1 unspecified atom stereocenters. The average Bonchev–Trinajstić information content (AvgIpc) is 2.42. The van der Waals surface area contributed by atoms with Crippen molar-refractivity contribution in [3.05, 3.63) is 22.7 Å². The van der Waals surface area contributed by atoms with Crippen LogP contribution in [0.15, 0.2) is 12.1 Å². The maximum Gasteiger partial charge on any atom is 0.179 e. The van der Waals surface area contributed by atoms with Gasteiger partial charge in [0.25, 0.3) is 0 Å². The number of nitrogens with one attached hydrogen (secondary N) is 1. The molecule has 0 aliphatic heterocycles. The molecule has 0 saturated heterocycles. The van der Waals surface area contributed by atoms with Crippen LogP contribution in [-0.4, -0.2) is 42.7 Å². The van der Waals surface area contributed by atoms with Gasteiger partial charge in [0, 0.05) is 12.6 Å². The van der Waals surface area contributed by atoms with Gasteiger partial charge in [0.2, 0.25) is 0 Å². The minimum atomic E-state index is -0.946. The van der Waals surface area contributed by atoms with Crippen molar-refractivity contribution in [1.82, 2.24) is 5.32 Å². The standard InChI is InChI=1S/C14H22ClNO4/c1-9(2)16-6-10-4-12(15)14(13(5-10)19-3)20-8-11(18)7-17/h4-5,9,11,16-18H,6-8H2,1-3H3. The third-order valence-electron chi connectivity index (χ3n) is 2.63. The maximum atomic E-state index is 9.30. The van der Waals surface area contributed by atoms with Crippen molar-refractivity contribution in [2.24, 2.45) is 0 Å². The van der Waals surface area contributed by atoms with Crippen LogP contribution in [0.2, 0.25) is 5.02 Å². The minimum absolute atomic E-state index is 0.0455. The summed E-state index contributed by atoms with van der Waals surface area (Å²) in [7, 11) is 1.53. The van der Waals surface area contributed by atoms with Crippen LogP contribution in [0, 0.1) is 0 Å². The lowest BCUT2D eigenvalue weighted by Crippen LogP contribution is -2.22. The molecule has 0 aliphatic carbocycles. The Morgan fingerprint density at radius 1 is 1.35 bits per heavy atom. The second kappa shape index (κ2) is 8.32. The highest BCUT2D eigenvalue weighted by molar-refractivity contribution is 6.32. The first-order chi connectivity index (χ1) is 9.47. The van der Waals surface area contributed by atoms with Crippen LogP contribution in [0.5, 0.6) is 11.5 Å². The van der Waals surface area contributed by atoms with Crippen molar-refractivity contribution in [3.63, 3.8) is 0 Å². The van der Waals surface area contributed by atoms with Gasteiger partial charge in [0.05, 0.1) is 18.7 Å². The van der Waals surface area contributed by atoms with Gasteiger partial charge in [-0.1, -0.05) is 25.4 Å². The van der Waals surface area contributed by atoms with Crippen molar-refractivity contribution in [3.8, 4) is 11.5 Å². The van der Waals surface area contributed by atoms with Gasteiger partial charge in [-0.15, -0.1) is 0 Å². The monoisotopic (exact) mass is 303 g/mol. The van der Waals surface area contributed by atoms with Crippen molar-refractivity contribution in [1.29, 1.82) is 0 Å². The molecule has 0 bridgehead atoms. The van der Waals surface area contributed by atoms with Gasteiger partial charge < -0.3 is 25.0 Å². The van der Waals surface area contributed by atoms with E-state index in [9.17, 15) is 5.11 Å². The summed E-state index contributed by atoms with van der Waals surface area (Å²) < 4.78 is 10.7. The van der Waals surface area contributed by atoms with E-state index >= 15 is 0 Å². The lowest BCUT2D eigenvalue weighted by atomic mass is 10.2. The number of halogens is 1. The summed E-state index contributed by atoms with van der Waals surface area (Å²) in [6.45, 7) is 4.39. The first-order valence-corrected chi connectivity index (χ1v) is 6.87. The number of aliphatic hydroxyl groups is 2. The molecule has 0 aromatic heterocycles. The second-order valence-corrected chi connectivity index (χ2v) is 5.20. The fourth-order valence-corrected chi connectivity index (χ4v) is 1.86. The number of benzene rings is 1. The van der Waals surface area contributed by atoms with Crippen LogP contribution in [0.4, 0.5) is 0 Å². The van der Waals surface area contributed by atoms with Crippen LogP contribution < -0.4 is 14.8 Å². The second-order valence-electron chi connectivity index (χ2n) is 4.79. The van der Waals surface area contributed by atoms with Crippen molar-refractivity contribution in [2.45, 2.75) is 32.5 Å². The smallest absolute Gasteiger partial charge is 0.179 e. The first kappa shape index (κ1) is 17.0.